The van der Waals surface area contributed by atoms with Gasteiger partial charge in [0.1, 0.15) is 0 Å². The first kappa shape index (κ1) is 32.9. The first-order valence-electron chi connectivity index (χ1n) is 20.8. The van der Waals surface area contributed by atoms with Crippen LogP contribution in [0.25, 0.3) is 60.7 Å². The number of rotatable bonds is 5. The van der Waals surface area contributed by atoms with E-state index in [9.17, 15) is 0 Å². The zero-order chi connectivity index (χ0) is 36.3. The summed E-state index contributed by atoms with van der Waals surface area (Å²) in [5, 5.41) is 11.5. The van der Waals surface area contributed by atoms with Crippen molar-refractivity contribution in [2.24, 2.45) is 0 Å². The molecule has 4 aliphatic rings. The van der Waals surface area contributed by atoms with Crippen LogP contribution in [0.4, 0.5) is 0 Å². The van der Waals surface area contributed by atoms with Gasteiger partial charge in [-0.15, -0.1) is 0 Å². The van der Waals surface area contributed by atoms with Crippen LogP contribution in [0.3, 0.4) is 0 Å². The molecule has 0 amide bonds. The van der Waals surface area contributed by atoms with Crippen LogP contribution < -0.4 is 5.19 Å². The fourth-order valence-corrected chi connectivity index (χ4v) is 13.0. The van der Waals surface area contributed by atoms with E-state index in [2.05, 4.69) is 152 Å². The molecule has 3 aliphatic carbocycles. The smallest absolute Gasteiger partial charge is 0.0836 e. The number of hydrogen-bond donors (Lipinski definition) is 0. The molecule has 0 spiro atoms. The van der Waals surface area contributed by atoms with Gasteiger partial charge in [0.15, 0.2) is 0 Å². The minimum Gasteiger partial charge on any atom is -0.0836 e. The summed E-state index contributed by atoms with van der Waals surface area (Å²) >= 11 is 0. The summed E-state index contributed by atoms with van der Waals surface area (Å²) < 4.78 is 0. The molecule has 0 atom stereocenters. The van der Waals surface area contributed by atoms with Crippen molar-refractivity contribution in [3.8, 4) is 11.1 Å². The first-order chi connectivity index (χ1) is 27.3. The predicted octanol–water partition coefficient (Wildman–Crippen LogP) is 13.0. The van der Waals surface area contributed by atoms with Crippen LogP contribution in [-0.2, 0) is 12.8 Å². The molecule has 7 aromatic carbocycles. The maximum atomic E-state index is 2.55. The molecule has 0 bridgehead atoms. The van der Waals surface area contributed by atoms with E-state index >= 15 is 0 Å². The quantitative estimate of drug-likeness (QED) is 0.123. The van der Waals surface area contributed by atoms with Gasteiger partial charge in [-0.3, -0.25) is 0 Å². The van der Waals surface area contributed by atoms with Crippen LogP contribution in [-0.4, -0.2) is 9.52 Å². The first-order valence-corrected chi connectivity index (χ1v) is 22.2. The highest BCUT2D eigenvalue weighted by Crippen LogP contribution is 2.49. The molecule has 1 fully saturated rings. The normalized spacial score (nSPS) is 17.1. The van der Waals surface area contributed by atoms with Gasteiger partial charge in [-0.25, -0.2) is 0 Å². The summed E-state index contributed by atoms with van der Waals surface area (Å²) in [7, 11) is -0.660. The third kappa shape index (κ3) is 5.39. The van der Waals surface area contributed by atoms with Crippen LogP contribution in [0.15, 0.2) is 151 Å². The van der Waals surface area contributed by atoms with Gasteiger partial charge in [0, 0.05) is 0 Å². The molecule has 0 aromatic heterocycles. The van der Waals surface area contributed by atoms with Gasteiger partial charge in [0.25, 0.3) is 0 Å². The molecule has 1 saturated carbocycles. The Hall–Kier alpha value is -5.50. The van der Waals surface area contributed by atoms with Gasteiger partial charge in [-0.1, -0.05) is 181 Å². The topological polar surface area (TPSA) is 0 Å². The minimum absolute atomic E-state index is 0.660. The van der Waals surface area contributed by atoms with Crippen LogP contribution in [0, 0.1) is 0 Å². The highest BCUT2D eigenvalue weighted by molar-refractivity contribution is 6.68. The van der Waals surface area contributed by atoms with Crippen LogP contribution in [0.2, 0.25) is 0 Å². The van der Waals surface area contributed by atoms with Gasteiger partial charge < -0.3 is 0 Å². The Morgan fingerprint density at radius 2 is 1.24 bits per heavy atom. The van der Waals surface area contributed by atoms with Gasteiger partial charge >= 0.3 is 0 Å². The van der Waals surface area contributed by atoms with E-state index in [0.29, 0.717) is 5.92 Å². The van der Waals surface area contributed by atoms with E-state index in [-0.39, 0.29) is 0 Å². The zero-order valence-electron chi connectivity index (χ0n) is 31.6. The highest BCUT2D eigenvalue weighted by Gasteiger charge is 2.31. The van der Waals surface area contributed by atoms with Crippen molar-refractivity contribution >= 4 is 64.2 Å². The summed E-state index contributed by atoms with van der Waals surface area (Å²) in [4.78, 5) is 0. The monoisotopic (exact) mass is 722 g/mol. The Labute approximate surface area is 327 Å². The Morgan fingerprint density at radius 3 is 1.98 bits per heavy atom. The van der Waals surface area contributed by atoms with Crippen molar-refractivity contribution in [1.29, 1.82) is 0 Å². The molecule has 7 aromatic rings. The second kappa shape index (κ2) is 13.7. The van der Waals surface area contributed by atoms with Gasteiger partial charge in [-0.05, 0) is 138 Å². The maximum Gasteiger partial charge on any atom is 0.0891 e. The van der Waals surface area contributed by atoms with Crippen molar-refractivity contribution in [2.45, 2.75) is 63.7 Å². The molecule has 11 rings (SSSR count). The van der Waals surface area contributed by atoms with E-state index in [4.69, 9.17) is 0 Å². The Balaban J connectivity index is 1.12. The molecule has 0 N–H and O–H groups in total. The molecule has 0 radical (unpaired) electrons. The van der Waals surface area contributed by atoms with E-state index in [0.717, 1.165) is 25.7 Å². The second-order valence-electron chi connectivity index (χ2n) is 16.3. The fourth-order valence-electron chi connectivity index (χ4n) is 11.0. The molecular weight excluding hydrogens is 677 g/mol. The van der Waals surface area contributed by atoms with E-state index < -0.39 is 9.52 Å². The average molecular weight is 723 g/mol. The van der Waals surface area contributed by atoms with E-state index in [1.165, 1.54) is 103 Å². The summed E-state index contributed by atoms with van der Waals surface area (Å²) in [5.74, 6) is 0.673. The third-order valence-corrected chi connectivity index (χ3v) is 15.2. The van der Waals surface area contributed by atoms with Gasteiger partial charge in [-0.2, -0.15) is 0 Å². The Bertz CT molecular complexity index is 2740. The molecular formula is C54H46Si. The molecule has 55 heavy (non-hydrogen) atoms. The molecule has 0 saturated heterocycles. The molecule has 0 nitrogen and oxygen atoms in total. The van der Waals surface area contributed by atoms with Crippen LogP contribution >= 0.6 is 0 Å². The second-order valence-corrected chi connectivity index (χ2v) is 18.2. The van der Waals surface area contributed by atoms with E-state index in [1.54, 1.807) is 32.6 Å². The van der Waals surface area contributed by atoms with Crippen molar-refractivity contribution in [3.05, 3.63) is 190 Å². The van der Waals surface area contributed by atoms with E-state index in [1.807, 2.05) is 0 Å². The van der Waals surface area contributed by atoms with Gasteiger partial charge in [0.2, 0.25) is 0 Å². The minimum atomic E-state index is -0.660. The molecule has 266 valence electrons. The van der Waals surface area contributed by atoms with Crippen molar-refractivity contribution < 1.29 is 0 Å². The average Bonchev–Trinajstić information content (AvgIpc) is 3.50. The Morgan fingerprint density at radius 1 is 0.564 bits per heavy atom. The molecule has 0 unspecified atom stereocenters. The number of allylic oxidation sites excluding steroid dienone is 7. The standard InChI is InChI=1S/C54H46Si/c1-3-18-35(19-4-1)50-40-25-9-7-23-38(40)47(39-24-8-10-26-41(39)50)34-37-22-17-33-48-52(37)54-46(31-15-16-32-49(54)55-48)53-44-29-13-11-27-42(44)51(36-20-5-2-6-21-36)43-28-12-14-30-45(43)53/h2,5-7,9-14,16-17,20-23,25-33,35H,1,3-4,8,15,18-19,24,34,55H2. The molecule has 1 heteroatoms. The summed E-state index contributed by atoms with van der Waals surface area (Å²) in [6.07, 6.45) is 23.4. The van der Waals surface area contributed by atoms with Gasteiger partial charge in [0.05, 0.1) is 9.52 Å². The SMILES string of the molecule is C1=CC2=C(C(c3c4ccccc4c(-c4ccccc4)c4ccccc34)=CC1)c1c(Cc3c4c(c(C5CCCCC5)c5ccccc35)C=CCC4)cccc1[SiH2]2. The highest BCUT2D eigenvalue weighted by atomic mass is 28.2. The fraction of sp³-hybridized carbons (Fsp3) is 0.185. The lowest BCUT2D eigenvalue weighted by atomic mass is 9.74. The lowest BCUT2D eigenvalue weighted by molar-refractivity contribution is 0.445. The predicted molar refractivity (Wildman–Crippen MR) is 240 cm³/mol. The zero-order valence-corrected chi connectivity index (χ0v) is 33.0. The largest absolute Gasteiger partial charge is 0.0891 e. The van der Waals surface area contributed by atoms with Crippen molar-refractivity contribution in [1.82, 2.24) is 0 Å². The lowest BCUT2D eigenvalue weighted by Crippen LogP contribution is -2.16. The van der Waals surface area contributed by atoms with Crippen molar-refractivity contribution in [3.63, 3.8) is 0 Å². The van der Waals surface area contributed by atoms with Crippen molar-refractivity contribution in [2.75, 3.05) is 0 Å². The number of fused-ring (bicyclic) bond motifs is 6. The molecule has 1 aliphatic heterocycles. The maximum absolute atomic E-state index is 2.55. The number of benzene rings is 7. The van der Waals surface area contributed by atoms with Crippen LogP contribution in [0.1, 0.15) is 89.8 Å². The summed E-state index contributed by atoms with van der Waals surface area (Å²) in [6, 6.07) is 46.1. The molecule has 1 heterocycles. The Kier molecular flexibility index (Phi) is 8.17. The third-order valence-electron chi connectivity index (χ3n) is 13.2. The lowest BCUT2D eigenvalue weighted by Gasteiger charge is -2.30. The number of hydrogen-bond acceptors (Lipinski definition) is 0. The summed E-state index contributed by atoms with van der Waals surface area (Å²) in [6.45, 7) is 0. The van der Waals surface area contributed by atoms with Crippen LogP contribution in [0.5, 0.6) is 0 Å². The summed E-state index contributed by atoms with van der Waals surface area (Å²) in [5.41, 5.74) is 16.4.